The summed E-state index contributed by atoms with van der Waals surface area (Å²) in [6.45, 7) is 4.60. The van der Waals surface area contributed by atoms with Crippen LogP contribution in [0.25, 0.3) is 22.2 Å². The minimum Gasteiger partial charge on any atom is -0.369 e. The molecule has 8 nitrogen and oxygen atoms in total. The molecule has 0 unspecified atom stereocenters. The van der Waals surface area contributed by atoms with E-state index < -0.39 is 11.2 Å². The van der Waals surface area contributed by atoms with E-state index in [1.165, 1.54) is 31.7 Å². The van der Waals surface area contributed by atoms with Crippen LogP contribution in [0.5, 0.6) is 0 Å². The summed E-state index contributed by atoms with van der Waals surface area (Å²) in [5.74, 6) is -0.238. The topological polar surface area (TPSA) is 116 Å². The van der Waals surface area contributed by atoms with Gasteiger partial charge in [0.05, 0.1) is 16.8 Å². The number of fused-ring (bicyclic) bond motifs is 1. The zero-order valence-corrected chi connectivity index (χ0v) is 19.6. The summed E-state index contributed by atoms with van der Waals surface area (Å²) >= 11 is 0. The van der Waals surface area contributed by atoms with Crippen LogP contribution in [0, 0.1) is 17.1 Å². The Kier molecular flexibility index (Phi) is 6.64. The van der Waals surface area contributed by atoms with Crippen molar-refractivity contribution in [3.05, 3.63) is 77.8 Å². The van der Waals surface area contributed by atoms with Gasteiger partial charge in [-0.15, -0.1) is 0 Å². The molecule has 0 saturated carbocycles. The summed E-state index contributed by atoms with van der Waals surface area (Å²) in [6, 6.07) is 11.9. The number of aromatic nitrogens is 4. The lowest BCUT2D eigenvalue weighted by molar-refractivity contribution is 0.0964. The highest BCUT2D eigenvalue weighted by atomic mass is 19.1. The fourth-order valence-corrected chi connectivity index (χ4v) is 3.96. The number of rotatable bonds is 7. The van der Waals surface area contributed by atoms with Crippen molar-refractivity contribution in [1.29, 1.82) is 5.26 Å². The molecule has 4 aromatic rings. The van der Waals surface area contributed by atoms with Crippen molar-refractivity contribution in [2.75, 3.05) is 18.9 Å². The van der Waals surface area contributed by atoms with Crippen LogP contribution in [0.1, 0.15) is 41.9 Å². The maximum atomic E-state index is 14.8. The highest BCUT2D eigenvalue weighted by molar-refractivity contribution is 6.06. The van der Waals surface area contributed by atoms with E-state index in [1.54, 1.807) is 24.4 Å². The van der Waals surface area contributed by atoms with E-state index in [1.807, 2.05) is 19.1 Å². The number of nitrogens with zero attached hydrogens (tertiary/aromatic N) is 5. The van der Waals surface area contributed by atoms with Crippen LogP contribution in [-0.2, 0) is 5.41 Å². The van der Waals surface area contributed by atoms with Crippen LogP contribution in [0.2, 0.25) is 0 Å². The number of carbonyl (C=O) groups excluding carboxylic acids is 1. The van der Waals surface area contributed by atoms with E-state index in [2.05, 4.69) is 37.5 Å². The average Bonchev–Trinajstić information content (AvgIpc) is 2.91. The van der Waals surface area contributed by atoms with Gasteiger partial charge in [-0.1, -0.05) is 19.9 Å². The van der Waals surface area contributed by atoms with Gasteiger partial charge in [-0.25, -0.2) is 19.3 Å². The van der Waals surface area contributed by atoms with Crippen LogP contribution in [0.3, 0.4) is 0 Å². The number of amides is 1. The van der Waals surface area contributed by atoms with Gasteiger partial charge in [0.1, 0.15) is 29.7 Å². The number of anilines is 1. The predicted molar refractivity (Wildman–Crippen MR) is 131 cm³/mol. The zero-order valence-electron chi connectivity index (χ0n) is 19.6. The van der Waals surface area contributed by atoms with Gasteiger partial charge in [0, 0.05) is 48.4 Å². The minimum atomic E-state index is -0.488. The molecule has 176 valence electrons. The van der Waals surface area contributed by atoms with E-state index in [0.717, 1.165) is 17.5 Å². The van der Waals surface area contributed by atoms with Crippen molar-refractivity contribution in [1.82, 2.24) is 25.3 Å². The van der Waals surface area contributed by atoms with Gasteiger partial charge >= 0.3 is 0 Å². The molecule has 35 heavy (non-hydrogen) atoms. The average molecular weight is 470 g/mol. The predicted octanol–water partition coefficient (Wildman–Crippen LogP) is 4.24. The first-order valence-corrected chi connectivity index (χ1v) is 11.1. The maximum absolute atomic E-state index is 14.8. The minimum absolute atomic E-state index is 0.210. The first kappa shape index (κ1) is 23.7. The first-order valence-electron chi connectivity index (χ1n) is 11.1. The number of nitriles is 1. The van der Waals surface area contributed by atoms with Crippen molar-refractivity contribution in [3.8, 4) is 17.3 Å². The molecule has 0 aliphatic carbocycles. The summed E-state index contributed by atoms with van der Waals surface area (Å²) in [5, 5.41) is 15.1. The third kappa shape index (κ3) is 4.64. The van der Waals surface area contributed by atoms with Crippen LogP contribution in [0.4, 0.5) is 10.2 Å². The summed E-state index contributed by atoms with van der Waals surface area (Å²) in [6.07, 6.45) is 5.32. The molecule has 9 heteroatoms. The highest BCUT2D eigenvalue weighted by Gasteiger charge is 2.29. The Bertz CT molecular complexity index is 1430. The van der Waals surface area contributed by atoms with Gasteiger partial charge in [-0.05, 0) is 36.2 Å². The molecule has 4 rings (SSSR count). The van der Waals surface area contributed by atoms with Crippen molar-refractivity contribution in [2.24, 2.45) is 0 Å². The smallest absolute Gasteiger partial charge is 0.251 e. The van der Waals surface area contributed by atoms with Crippen LogP contribution < -0.4 is 10.6 Å². The summed E-state index contributed by atoms with van der Waals surface area (Å²) < 4.78 is 14.8. The van der Waals surface area contributed by atoms with E-state index in [0.29, 0.717) is 29.3 Å². The fraction of sp³-hybridized carbons (Fsp3) is 0.231. The van der Waals surface area contributed by atoms with Gasteiger partial charge in [0.15, 0.2) is 0 Å². The van der Waals surface area contributed by atoms with E-state index in [-0.39, 0.29) is 16.9 Å². The van der Waals surface area contributed by atoms with E-state index in [4.69, 9.17) is 5.26 Å². The Labute approximate surface area is 202 Å². The van der Waals surface area contributed by atoms with Crippen LogP contribution in [0.15, 0.2) is 55.1 Å². The second-order valence-electron chi connectivity index (χ2n) is 8.36. The van der Waals surface area contributed by atoms with E-state index >= 15 is 0 Å². The van der Waals surface area contributed by atoms with Gasteiger partial charge < -0.3 is 10.6 Å². The SMILES string of the molecule is CC[C@](C)(CNc1cc(-c2ccc(C#N)nc2)ncn1)c1ccc(F)c2c(C(=O)NC)ccnc12. The van der Waals surface area contributed by atoms with Crippen molar-refractivity contribution in [3.63, 3.8) is 0 Å². The molecule has 0 aliphatic heterocycles. The Hall–Kier alpha value is -4.45. The van der Waals surface area contributed by atoms with Crippen molar-refractivity contribution in [2.45, 2.75) is 25.7 Å². The lowest BCUT2D eigenvalue weighted by Crippen LogP contribution is -2.31. The Morgan fingerprint density at radius 1 is 1.14 bits per heavy atom. The number of hydrogen-bond acceptors (Lipinski definition) is 7. The quantitative estimate of drug-likeness (QED) is 0.416. The standard InChI is InChI=1S/C26H24FN7O/c1-4-26(2,19-7-8-20(27)23-18(25(35)29-3)9-10-30-24(19)23)14-32-22-11-21(33-15-34-22)16-5-6-17(12-28)31-13-16/h5-11,13,15H,4,14H2,1-3H3,(H,29,35)(H,32,33,34)/t26-/m1/s1. The third-order valence-electron chi connectivity index (χ3n) is 6.24. The molecular weight excluding hydrogens is 445 g/mol. The fourth-order valence-electron chi connectivity index (χ4n) is 3.96. The maximum Gasteiger partial charge on any atom is 0.251 e. The summed E-state index contributed by atoms with van der Waals surface area (Å²) in [7, 11) is 1.51. The van der Waals surface area contributed by atoms with Gasteiger partial charge in [0.2, 0.25) is 0 Å². The lowest BCUT2D eigenvalue weighted by Gasteiger charge is -2.30. The lowest BCUT2D eigenvalue weighted by atomic mass is 9.78. The molecule has 1 aromatic carbocycles. The second kappa shape index (κ2) is 9.81. The van der Waals surface area contributed by atoms with Gasteiger partial charge in [-0.2, -0.15) is 5.26 Å². The second-order valence-corrected chi connectivity index (χ2v) is 8.36. The molecule has 0 radical (unpaired) electrons. The first-order chi connectivity index (χ1) is 16.9. The molecule has 0 bridgehead atoms. The molecule has 3 aromatic heterocycles. The number of hydrogen-bond donors (Lipinski definition) is 2. The molecule has 0 aliphatic rings. The monoisotopic (exact) mass is 469 g/mol. The van der Waals surface area contributed by atoms with Crippen LogP contribution >= 0.6 is 0 Å². The molecule has 0 spiro atoms. The zero-order chi connectivity index (χ0) is 25.0. The van der Waals surface area contributed by atoms with E-state index in [9.17, 15) is 9.18 Å². The molecule has 3 heterocycles. The Morgan fingerprint density at radius 3 is 2.66 bits per heavy atom. The normalized spacial score (nSPS) is 12.5. The van der Waals surface area contributed by atoms with Crippen LogP contribution in [-0.4, -0.2) is 39.4 Å². The molecule has 0 saturated heterocycles. The van der Waals surface area contributed by atoms with Gasteiger partial charge in [0.25, 0.3) is 5.91 Å². The Morgan fingerprint density at radius 2 is 1.97 bits per heavy atom. The molecule has 1 amide bonds. The number of benzene rings is 1. The largest absolute Gasteiger partial charge is 0.369 e. The number of carbonyl (C=O) groups is 1. The summed E-state index contributed by atoms with van der Waals surface area (Å²) in [5.41, 5.74) is 2.87. The Balaban J connectivity index is 1.66. The number of halogens is 1. The molecule has 0 fully saturated rings. The van der Waals surface area contributed by atoms with Gasteiger partial charge in [-0.3, -0.25) is 9.78 Å². The van der Waals surface area contributed by atoms with Crippen molar-refractivity contribution >= 4 is 22.6 Å². The highest BCUT2D eigenvalue weighted by Crippen LogP contribution is 2.35. The third-order valence-corrected chi connectivity index (χ3v) is 6.24. The summed E-state index contributed by atoms with van der Waals surface area (Å²) in [4.78, 5) is 29.5. The van der Waals surface area contributed by atoms with Crippen molar-refractivity contribution < 1.29 is 9.18 Å². The molecular formula is C26H24FN7O. The molecule has 2 N–H and O–H groups in total. The molecule has 1 atom stereocenters. The number of nitrogens with one attached hydrogen (secondary N) is 2. The number of pyridine rings is 2.